The third kappa shape index (κ3) is 3.80. The lowest BCUT2D eigenvalue weighted by Gasteiger charge is -2.25. The number of hydrogen-bond acceptors (Lipinski definition) is 4. The van der Waals surface area contributed by atoms with Crippen LogP contribution in [0.4, 0.5) is 18.9 Å². The Morgan fingerprint density at radius 1 is 1.36 bits per heavy atom. The summed E-state index contributed by atoms with van der Waals surface area (Å²) in [6.07, 6.45) is -4.53. The fourth-order valence-electron chi connectivity index (χ4n) is 2.84. The fourth-order valence-corrected chi connectivity index (χ4v) is 6.83. The molecule has 25 heavy (non-hydrogen) atoms. The van der Waals surface area contributed by atoms with Crippen LogP contribution in [0.2, 0.25) is 0 Å². The molecule has 0 aliphatic carbocycles. The highest BCUT2D eigenvalue weighted by Gasteiger charge is 2.49. The number of rotatable bonds is 2. The predicted octanol–water partition coefficient (Wildman–Crippen LogP) is 2.55. The summed E-state index contributed by atoms with van der Waals surface area (Å²) < 4.78 is 62.7. The van der Waals surface area contributed by atoms with Crippen molar-refractivity contribution in [1.82, 2.24) is 0 Å². The first-order valence-electron chi connectivity index (χ1n) is 7.12. The van der Waals surface area contributed by atoms with Gasteiger partial charge in [0.15, 0.2) is 15.0 Å². The molecule has 3 rings (SSSR count). The van der Waals surface area contributed by atoms with E-state index in [2.05, 4.69) is 4.99 Å². The summed E-state index contributed by atoms with van der Waals surface area (Å²) in [4.78, 5) is 16.8. The molecule has 2 fully saturated rings. The van der Waals surface area contributed by atoms with Crippen molar-refractivity contribution in [2.45, 2.75) is 17.5 Å². The first-order valence-corrected chi connectivity index (χ1v) is 10.4. The molecular weight excluding hydrogens is 401 g/mol. The van der Waals surface area contributed by atoms with E-state index < -0.39 is 33.5 Å². The average molecular weight is 413 g/mol. The minimum Gasteiger partial charge on any atom is -0.316 e. The predicted molar refractivity (Wildman–Crippen MR) is 90.9 cm³/mol. The molecule has 0 aromatic heterocycles. The van der Waals surface area contributed by atoms with Gasteiger partial charge in [-0.2, -0.15) is 18.2 Å². The Morgan fingerprint density at radius 3 is 2.72 bits per heavy atom. The Balaban J connectivity index is 2.05. The van der Waals surface area contributed by atoms with Crippen LogP contribution in [0.5, 0.6) is 0 Å². The van der Waals surface area contributed by atoms with Crippen LogP contribution in [0.15, 0.2) is 29.3 Å². The SMILES string of the molecule is O=C(CCl)N=C1S[C@@H]2CS(=O)(=O)C[C@H]2N1c1cccc(C(F)(F)F)c1. The van der Waals surface area contributed by atoms with Crippen LogP contribution in [-0.2, 0) is 20.8 Å². The number of carbonyl (C=O) groups excluding carboxylic acids is 1. The number of anilines is 1. The summed E-state index contributed by atoms with van der Waals surface area (Å²) in [6, 6.07) is 3.95. The van der Waals surface area contributed by atoms with Crippen molar-refractivity contribution in [1.29, 1.82) is 0 Å². The zero-order valence-electron chi connectivity index (χ0n) is 12.5. The summed E-state index contributed by atoms with van der Waals surface area (Å²) in [5.74, 6) is -1.31. The van der Waals surface area contributed by atoms with Gasteiger partial charge in [-0.1, -0.05) is 17.8 Å². The number of sulfone groups is 1. The van der Waals surface area contributed by atoms with E-state index in [0.717, 1.165) is 23.9 Å². The van der Waals surface area contributed by atoms with Gasteiger partial charge in [-0.25, -0.2) is 8.42 Å². The second-order valence-electron chi connectivity index (χ2n) is 5.64. The molecule has 136 valence electrons. The lowest BCUT2D eigenvalue weighted by molar-refractivity contribution is -0.137. The number of carbonyl (C=O) groups is 1. The molecule has 0 saturated carbocycles. The molecule has 2 saturated heterocycles. The van der Waals surface area contributed by atoms with Crippen LogP contribution in [0.3, 0.4) is 0 Å². The zero-order chi connectivity index (χ0) is 18.4. The Morgan fingerprint density at radius 2 is 2.08 bits per heavy atom. The Labute approximate surface area is 151 Å². The molecule has 0 N–H and O–H groups in total. The maximum Gasteiger partial charge on any atom is 0.416 e. The molecule has 2 aliphatic heterocycles. The van der Waals surface area contributed by atoms with Gasteiger partial charge in [0.1, 0.15) is 5.88 Å². The number of thioether (sulfide) groups is 1. The van der Waals surface area contributed by atoms with Crippen molar-refractivity contribution < 1.29 is 26.4 Å². The maximum atomic E-state index is 13.0. The number of hydrogen-bond donors (Lipinski definition) is 0. The van der Waals surface area contributed by atoms with E-state index in [0.29, 0.717) is 0 Å². The number of aliphatic imine (C=N–C) groups is 1. The van der Waals surface area contributed by atoms with E-state index in [1.165, 1.54) is 17.0 Å². The number of amides is 1. The summed E-state index contributed by atoms with van der Waals surface area (Å²) in [6.45, 7) is 0. The Bertz CT molecular complexity index is 842. The third-order valence-corrected chi connectivity index (χ3v) is 7.29. The van der Waals surface area contributed by atoms with Crippen LogP contribution in [0.25, 0.3) is 0 Å². The first-order chi connectivity index (χ1) is 11.6. The Kier molecular flexibility index (Phi) is 4.80. The van der Waals surface area contributed by atoms with Gasteiger partial charge < -0.3 is 4.90 Å². The summed E-state index contributed by atoms with van der Waals surface area (Å²) >= 11 is 6.53. The van der Waals surface area contributed by atoms with Crippen LogP contribution in [0, 0.1) is 0 Å². The van der Waals surface area contributed by atoms with E-state index in [1.54, 1.807) is 0 Å². The number of benzene rings is 1. The molecule has 0 unspecified atom stereocenters. The van der Waals surface area contributed by atoms with Crippen LogP contribution < -0.4 is 4.90 Å². The number of amidine groups is 1. The van der Waals surface area contributed by atoms with E-state index >= 15 is 0 Å². The van der Waals surface area contributed by atoms with Gasteiger partial charge in [-0.05, 0) is 18.2 Å². The minimum atomic E-state index is -4.53. The molecule has 5 nitrogen and oxygen atoms in total. The molecule has 0 spiro atoms. The van der Waals surface area contributed by atoms with Crippen LogP contribution >= 0.6 is 23.4 Å². The number of nitrogens with zero attached hydrogens (tertiary/aromatic N) is 2. The van der Waals surface area contributed by atoms with Crippen molar-refractivity contribution in [3.63, 3.8) is 0 Å². The van der Waals surface area contributed by atoms with E-state index in [4.69, 9.17) is 11.6 Å². The highest BCUT2D eigenvalue weighted by Crippen LogP contribution is 2.42. The van der Waals surface area contributed by atoms with Crippen molar-refractivity contribution in [2.75, 3.05) is 22.3 Å². The lowest BCUT2D eigenvalue weighted by atomic mass is 10.1. The summed E-state index contributed by atoms with van der Waals surface area (Å²) in [7, 11) is -3.29. The highest BCUT2D eigenvalue weighted by molar-refractivity contribution is 8.16. The topological polar surface area (TPSA) is 66.8 Å². The molecule has 2 heterocycles. The average Bonchev–Trinajstić information content (AvgIpc) is 2.97. The van der Waals surface area contributed by atoms with Gasteiger partial charge in [0.2, 0.25) is 0 Å². The lowest BCUT2D eigenvalue weighted by Crippen LogP contribution is -2.37. The van der Waals surface area contributed by atoms with Crippen molar-refractivity contribution in [2.24, 2.45) is 4.99 Å². The van der Waals surface area contributed by atoms with Crippen LogP contribution in [0.1, 0.15) is 5.56 Å². The van der Waals surface area contributed by atoms with E-state index in [-0.39, 0.29) is 33.5 Å². The molecule has 1 aromatic carbocycles. The molecule has 11 heteroatoms. The summed E-state index contributed by atoms with van der Waals surface area (Å²) in [5.41, 5.74) is -0.713. The molecule has 2 atom stereocenters. The molecule has 0 radical (unpaired) electrons. The molecule has 0 bridgehead atoms. The monoisotopic (exact) mass is 412 g/mol. The van der Waals surface area contributed by atoms with Crippen molar-refractivity contribution in [3.8, 4) is 0 Å². The zero-order valence-corrected chi connectivity index (χ0v) is 14.9. The number of alkyl halides is 4. The van der Waals surface area contributed by atoms with Gasteiger partial charge in [0.05, 0.1) is 23.1 Å². The quantitative estimate of drug-likeness (QED) is 0.698. The standard InChI is InChI=1S/C14H12ClF3N2O3S2/c15-5-12(21)19-13-20(10-6-25(22,23)7-11(10)24-13)9-3-1-2-8(4-9)14(16,17)18/h1-4,10-11H,5-7H2/t10-,11-/m1/s1. The van der Waals surface area contributed by atoms with Gasteiger partial charge >= 0.3 is 6.18 Å². The van der Waals surface area contributed by atoms with Gasteiger partial charge in [-0.15, -0.1) is 11.6 Å². The molecule has 1 amide bonds. The number of halogens is 4. The normalized spacial score (nSPS) is 26.9. The maximum absolute atomic E-state index is 13.0. The van der Waals surface area contributed by atoms with Gasteiger partial charge in [0.25, 0.3) is 5.91 Å². The van der Waals surface area contributed by atoms with Gasteiger partial charge in [-0.3, -0.25) is 4.79 Å². The molecule has 1 aromatic rings. The fraction of sp³-hybridized carbons (Fsp3) is 0.429. The Hall–Kier alpha value is -1.26. The first kappa shape index (κ1) is 18.5. The second-order valence-corrected chi connectivity index (χ2v) is 9.27. The molecular formula is C14H12ClF3N2O3S2. The molecule has 2 aliphatic rings. The van der Waals surface area contributed by atoms with E-state index in [1.807, 2.05) is 0 Å². The van der Waals surface area contributed by atoms with E-state index in [9.17, 15) is 26.4 Å². The van der Waals surface area contributed by atoms with Crippen molar-refractivity contribution in [3.05, 3.63) is 29.8 Å². The summed E-state index contributed by atoms with van der Waals surface area (Å²) in [5, 5.41) is -0.212. The second kappa shape index (κ2) is 6.48. The van der Waals surface area contributed by atoms with Crippen LogP contribution in [-0.4, -0.2) is 48.2 Å². The largest absolute Gasteiger partial charge is 0.416 e. The smallest absolute Gasteiger partial charge is 0.316 e. The third-order valence-electron chi connectivity index (χ3n) is 3.85. The minimum absolute atomic E-state index is 0.105. The highest BCUT2D eigenvalue weighted by atomic mass is 35.5. The van der Waals surface area contributed by atoms with Gasteiger partial charge in [0, 0.05) is 10.9 Å². The number of fused-ring (bicyclic) bond motifs is 1. The van der Waals surface area contributed by atoms with Crippen molar-refractivity contribution >= 4 is 50.0 Å².